The molecule has 1 amide bonds. The van der Waals surface area contributed by atoms with E-state index in [1.165, 1.54) is 28.2 Å². The van der Waals surface area contributed by atoms with Crippen molar-refractivity contribution in [3.05, 3.63) is 64.0 Å². The standard InChI is InChI=1S/C17H14FN7OS2/c1-24-13(21-22-17(24)27)9-19-16(26)14-20-15(12-3-2-8-28-12)25(23-14)11-6-4-10(18)5-7-11/h2-8H,9H2,1H3,(H,19,26)(H,22,27). The molecule has 4 aromatic rings. The molecule has 0 aliphatic heterocycles. The summed E-state index contributed by atoms with van der Waals surface area (Å²) in [5.74, 6) is 0.282. The maximum absolute atomic E-state index is 13.3. The summed E-state index contributed by atoms with van der Waals surface area (Å²) >= 11 is 6.53. The molecule has 0 saturated heterocycles. The van der Waals surface area contributed by atoms with Crippen molar-refractivity contribution in [2.45, 2.75) is 6.54 Å². The lowest BCUT2D eigenvalue weighted by atomic mass is 10.3. The number of carbonyl (C=O) groups excluding carboxylic acids is 1. The van der Waals surface area contributed by atoms with Crippen molar-refractivity contribution in [2.75, 3.05) is 0 Å². The molecule has 8 nitrogen and oxygen atoms in total. The Hall–Kier alpha value is -3.18. The number of amides is 1. The van der Waals surface area contributed by atoms with Crippen molar-refractivity contribution in [1.29, 1.82) is 0 Å². The Morgan fingerprint density at radius 3 is 2.75 bits per heavy atom. The van der Waals surface area contributed by atoms with Gasteiger partial charge in [0.1, 0.15) is 5.82 Å². The van der Waals surface area contributed by atoms with Crippen molar-refractivity contribution in [3.8, 4) is 16.4 Å². The highest BCUT2D eigenvalue weighted by Gasteiger charge is 2.19. The molecule has 0 bridgehead atoms. The van der Waals surface area contributed by atoms with Crippen LogP contribution in [0.1, 0.15) is 16.4 Å². The fourth-order valence-electron chi connectivity index (χ4n) is 2.51. The molecule has 0 saturated carbocycles. The zero-order valence-electron chi connectivity index (χ0n) is 14.6. The number of nitrogens with one attached hydrogen (secondary N) is 2. The van der Waals surface area contributed by atoms with E-state index in [0.29, 0.717) is 22.1 Å². The molecule has 0 spiro atoms. The highest BCUT2D eigenvalue weighted by Crippen LogP contribution is 2.25. The second kappa shape index (κ2) is 7.44. The second-order valence-corrected chi connectivity index (χ2v) is 7.15. The highest BCUT2D eigenvalue weighted by atomic mass is 32.1. The summed E-state index contributed by atoms with van der Waals surface area (Å²) < 4.78 is 16.9. The SMILES string of the molecule is Cn1c(CNC(=O)c2nc(-c3cccs3)n(-c3ccc(F)cc3)n2)n[nH]c1=S. The largest absolute Gasteiger partial charge is 0.342 e. The summed E-state index contributed by atoms with van der Waals surface area (Å²) in [4.78, 5) is 17.8. The second-order valence-electron chi connectivity index (χ2n) is 5.81. The molecule has 0 radical (unpaired) electrons. The number of nitrogens with zero attached hydrogens (tertiary/aromatic N) is 5. The Labute approximate surface area is 167 Å². The predicted molar refractivity (Wildman–Crippen MR) is 104 cm³/mol. The first-order valence-corrected chi connectivity index (χ1v) is 9.47. The van der Waals surface area contributed by atoms with Crippen molar-refractivity contribution < 1.29 is 9.18 Å². The van der Waals surface area contributed by atoms with E-state index in [0.717, 1.165) is 4.88 Å². The van der Waals surface area contributed by atoms with Gasteiger partial charge in [0.05, 0.1) is 17.1 Å². The molecule has 0 aliphatic rings. The van der Waals surface area contributed by atoms with E-state index in [2.05, 4.69) is 25.6 Å². The van der Waals surface area contributed by atoms with Gasteiger partial charge in [-0.2, -0.15) is 5.10 Å². The van der Waals surface area contributed by atoms with Crippen molar-refractivity contribution in [1.82, 2.24) is 34.8 Å². The van der Waals surface area contributed by atoms with E-state index < -0.39 is 5.91 Å². The van der Waals surface area contributed by atoms with Gasteiger partial charge in [-0.3, -0.25) is 9.89 Å². The van der Waals surface area contributed by atoms with Crippen LogP contribution in [0.4, 0.5) is 4.39 Å². The summed E-state index contributed by atoms with van der Waals surface area (Å²) in [7, 11) is 1.75. The number of H-pyrrole nitrogens is 1. The van der Waals surface area contributed by atoms with Gasteiger partial charge < -0.3 is 9.88 Å². The van der Waals surface area contributed by atoms with Crippen LogP contribution in [0.5, 0.6) is 0 Å². The molecule has 0 aliphatic carbocycles. The molecule has 0 atom stereocenters. The zero-order chi connectivity index (χ0) is 19.7. The van der Waals surface area contributed by atoms with Gasteiger partial charge in [0.15, 0.2) is 16.4 Å². The summed E-state index contributed by atoms with van der Waals surface area (Å²) in [5, 5.41) is 15.7. The van der Waals surface area contributed by atoms with E-state index in [4.69, 9.17) is 12.2 Å². The molecular weight excluding hydrogens is 401 g/mol. The number of benzene rings is 1. The maximum atomic E-state index is 13.3. The van der Waals surface area contributed by atoms with Gasteiger partial charge in [0, 0.05) is 7.05 Å². The predicted octanol–water partition coefficient (Wildman–Crippen LogP) is 2.86. The lowest BCUT2D eigenvalue weighted by molar-refractivity contribution is 0.0939. The molecule has 3 aromatic heterocycles. The van der Waals surface area contributed by atoms with E-state index in [9.17, 15) is 9.18 Å². The van der Waals surface area contributed by atoms with Gasteiger partial charge in [-0.05, 0) is 47.9 Å². The molecule has 0 unspecified atom stereocenters. The molecule has 3 heterocycles. The summed E-state index contributed by atoms with van der Waals surface area (Å²) in [5.41, 5.74) is 0.603. The third kappa shape index (κ3) is 3.49. The van der Waals surface area contributed by atoms with Crippen LogP contribution in [0.25, 0.3) is 16.4 Å². The van der Waals surface area contributed by atoms with Crippen LogP contribution >= 0.6 is 23.6 Å². The average Bonchev–Trinajstić information content (AvgIpc) is 3.42. The Morgan fingerprint density at radius 2 is 2.11 bits per heavy atom. The Bertz CT molecular complexity index is 1180. The van der Waals surface area contributed by atoms with Crippen LogP contribution in [0.2, 0.25) is 0 Å². The summed E-state index contributed by atoms with van der Waals surface area (Å²) in [6.45, 7) is 0.169. The number of carbonyl (C=O) groups is 1. The topological polar surface area (TPSA) is 93.4 Å². The fourth-order valence-corrected chi connectivity index (χ4v) is 3.36. The number of hydrogen-bond acceptors (Lipinski definition) is 6. The monoisotopic (exact) mass is 415 g/mol. The van der Waals surface area contributed by atoms with E-state index in [1.807, 2.05) is 17.5 Å². The Morgan fingerprint density at radius 1 is 1.32 bits per heavy atom. The lowest BCUT2D eigenvalue weighted by Gasteiger charge is -2.04. The van der Waals surface area contributed by atoms with Gasteiger partial charge in [-0.25, -0.2) is 14.1 Å². The number of thiophene rings is 1. The maximum Gasteiger partial charge on any atom is 0.291 e. The number of halogens is 1. The zero-order valence-corrected chi connectivity index (χ0v) is 16.2. The van der Waals surface area contributed by atoms with Crippen LogP contribution < -0.4 is 5.32 Å². The first-order chi connectivity index (χ1) is 13.5. The smallest absolute Gasteiger partial charge is 0.291 e. The first-order valence-electron chi connectivity index (χ1n) is 8.18. The molecule has 1 aromatic carbocycles. The molecule has 11 heteroatoms. The van der Waals surface area contributed by atoms with E-state index >= 15 is 0 Å². The van der Waals surface area contributed by atoms with Gasteiger partial charge >= 0.3 is 0 Å². The van der Waals surface area contributed by atoms with Crippen molar-refractivity contribution in [2.24, 2.45) is 7.05 Å². The average molecular weight is 415 g/mol. The van der Waals surface area contributed by atoms with Crippen molar-refractivity contribution in [3.63, 3.8) is 0 Å². The minimum atomic E-state index is -0.451. The number of hydrogen-bond donors (Lipinski definition) is 2. The Kier molecular flexibility index (Phi) is 4.84. The van der Waals surface area contributed by atoms with Gasteiger partial charge in [-0.15, -0.1) is 16.4 Å². The first kappa shape index (κ1) is 18.2. The van der Waals surface area contributed by atoms with Gasteiger partial charge in [0.2, 0.25) is 5.82 Å². The Balaban J connectivity index is 1.65. The molecule has 28 heavy (non-hydrogen) atoms. The quantitative estimate of drug-likeness (QED) is 0.489. The molecular formula is C17H14FN7OS2. The number of aromatic amines is 1. The van der Waals surface area contributed by atoms with Crippen LogP contribution in [0.15, 0.2) is 41.8 Å². The number of aromatic nitrogens is 6. The van der Waals surface area contributed by atoms with E-state index in [-0.39, 0.29) is 18.2 Å². The fraction of sp³-hybridized carbons (Fsp3) is 0.118. The summed E-state index contributed by atoms with van der Waals surface area (Å²) in [6, 6.07) is 9.59. The van der Waals surface area contributed by atoms with Crippen molar-refractivity contribution >= 4 is 29.5 Å². The molecule has 142 valence electrons. The summed E-state index contributed by atoms with van der Waals surface area (Å²) in [6.07, 6.45) is 0. The van der Waals surface area contributed by atoms with Gasteiger partial charge in [-0.1, -0.05) is 6.07 Å². The number of rotatable bonds is 5. The minimum absolute atomic E-state index is 0.00418. The van der Waals surface area contributed by atoms with Crippen LogP contribution in [-0.4, -0.2) is 35.4 Å². The highest BCUT2D eigenvalue weighted by molar-refractivity contribution is 7.71. The normalized spacial score (nSPS) is 10.9. The van der Waals surface area contributed by atoms with Crippen LogP contribution in [0, 0.1) is 10.6 Å². The van der Waals surface area contributed by atoms with E-state index in [1.54, 1.807) is 23.7 Å². The minimum Gasteiger partial charge on any atom is -0.342 e. The third-order valence-electron chi connectivity index (χ3n) is 4.00. The lowest BCUT2D eigenvalue weighted by Crippen LogP contribution is -2.25. The van der Waals surface area contributed by atoms with Crippen LogP contribution in [-0.2, 0) is 13.6 Å². The van der Waals surface area contributed by atoms with Gasteiger partial charge in [0.25, 0.3) is 5.91 Å². The molecule has 4 rings (SSSR count). The van der Waals surface area contributed by atoms with Crippen LogP contribution in [0.3, 0.4) is 0 Å². The molecule has 0 fully saturated rings. The third-order valence-corrected chi connectivity index (χ3v) is 5.23. The molecule has 2 N–H and O–H groups in total.